The zero-order chi connectivity index (χ0) is 19.2. The molecule has 0 amide bonds. The van der Waals surface area contributed by atoms with Crippen molar-refractivity contribution in [3.63, 3.8) is 0 Å². The number of esters is 1. The summed E-state index contributed by atoms with van der Waals surface area (Å²) in [5.74, 6) is -0.432. The number of carbonyl (C=O) groups is 2. The number of aromatic nitrogens is 1. The molecule has 2 heterocycles. The number of nitrogens with zero attached hydrogens (tertiary/aromatic N) is 3. The van der Waals surface area contributed by atoms with Crippen molar-refractivity contribution in [2.24, 2.45) is 0 Å². The van der Waals surface area contributed by atoms with Gasteiger partial charge in [0.15, 0.2) is 5.78 Å². The first-order chi connectivity index (χ1) is 13.1. The fraction of sp³-hybridized carbons (Fsp3) is 0.450. The Morgan fingerprint density at radius 1 is 1.11 bits per heavy atom. The molecule has 0 saturated carbocycles. The van der Waals surface area contributed by atoms with Crippen LogP contribution in [0.15, 0.2) is 34.9 Å². The van der Waals surface area contributed by atoms with Gasteiger partial charge in [-0.15, -0.1) is 0 Å². The second-order valence-electron chi connectivity index (χ2n) is 6.73. The zero-order valence-electron chi connectivity index (χ0n) is 15.8. The lowest BCUT2D eigenvalue weighted by Crippen LogP contribution is -2.46. The van der Waals surface area contributed by atoms with Gasteiger partial charge in [0, 0.05) is 45.7 Å². The number of rotatable bonds is 7. The maximum Gasteiger partial charge on any atom is 0.361 e. The monoisotopic (exact) mass is 371 g/mol. The van der Waals surface area contributed by atoms with Gasteiger partial charge in [0.2, 0.25) is 5.69 Å². The Hall–Kier alpha value is -2.51. The fourth-order valence-electron chi connectivity index (χ4n) is 3.33. The quantitative estimate of drug-likeness (QED) is 0.545. The van der Waals surface area contributed by atoms with Gasteiger partial charge in [-0.1, -0.05) is 35.5 Å². The fourth-order valence-corrected chi connectivity index (χ4v) is 3.33. The van der Waals surface area contributed by atoms with Crippen molar-refractivity contribution < 1.29 is 18.8 Å². The standard InChI is InChI=1S/C20H25N3O4/c1-15-18(19(21-27-15)20(25)26-2)17(24)8-9-22-10-12-23(13-11-22)14-16-6-4-3-5-7-16/h3-7H,8-14H2,1-2H3. The zero-order valence-corrected chi connectivity index (χ0v) is 15.8. The molecule has 27 heavy (non-hydrogen) atoms. The van der Waals surface area contributed by atoms with Crippen LogP contribution in [0.5, 0.6) is 0 Å². The number of ether oxygens (including phenoxy) is 1. The molecule has 0 aliphatic carbocycles. The summed E-state index contributed by atoms with van der Waals surface area (Å²) in [7, 11) is 1.26. The third-order valence-electron chi connectivity index (χ3n) is 4.89. The molecule has 2 aromatic rings. The molecule has 1 aliphatic rings. The predicted octanol–water partition coefficient (Wildman–Crippen LogP) is 2.16. The second kappa shape index (κ2) is 8.92. The molecule has 0 atom stereocenters. The molecule has 1 saturated heterocycles. The lowest BCUT2D eigenvalue weighted by atomic mass is 10.1. The first-order valence-corrected chi connectivity index (χ1v) is 9.15. The molecule has 1 aliphatic heterocycles. The van der Waals surface area contributed by atoms with Crippen molar-refractivity contribution in [2.45, 2.75) is 19.9 Å². The van der Waals surface area contributed by atoms with E-state index in [0.717, 1.165) is 32.7 Å². The van der Waals surface area contributed by atoms with Crippen LogP contribution >= 0.6 is 0 Å². The van der Waals surface area contributed by atoms with E-state index >= 15 is 0 Å². The van der Waals surface area contributed by atoms with Gasteiger partial charge in [-0.05, 0) is 12.5 Å². The smallest absolute Gasteiger partial charge is 0.361 e. The Morgan fingerprint density at radius 3 is 2.44 bits per heavy atom. The Kier molecular flexibility index (Phi) is 6.36. The lowest BCUT2D eigenvalue weighted by molar-refractivity contribution is 0.0585. The van der Waals surface area contributed by atoms with Gasteiger partial charge in [-0.3, -0.25) is 9.69 Å². The van der Waals surface area contributed by atoms with Gasteiger partial charge in [0.25, 0.3) is 0 Å². The summed E-state index contributed by atoms with van der Waals surface area (Å²) in [4.78, 5) is 29.0. The van der Waals surface area contributed by atoms with E-state index in [-0.39, 0.29) is 17.0 Å². The van der Waals surface area contributed by atoms with Crippen LogP contribution in [-0.4, -0.2) is 66.5 Å². The van der Waals surface area contributed by atoms with Gasteiger partial charge in [0.05, 0.1) is 12.7 Å². The molecule has 1 aromatic heterocycles. The molecular formula is C20H25N3O4. The van der Waals surface area contributed by atoms with E-state index in [1.807, 2.05) is 6.07 Å². The maximum absolute atomic E-state index is 12.6. The molecule has 0 radical (unpaired) electrons. The minimum Gasteiger partial charge on any atom is -0.464 e. The summed E-state index contributed by atoms with van der Waals surface area (Å²) >= 11 is 0. The molecule has 0 bridgehead atoms. The third kappa shape index (κ3) is 4.81. The average Bonchev–Trinajstić information content (AvgIpc) is 3.09. The summed E-state index contributed by atoms with van der Waals surface area (Å²) in [6.45, 7) is 7.04. The van der Waals surface area contributed by atoms with Gasteiger partial charge in [-0.25, -0.2) is 4.79 Å². The molecule has 0 spiro atoms. The first kappa shape index (κ1) is 19.3. The SMILES string of the molecule is COC(=O)c1noc(C)c1C(=O)CCN1CCN(Cc2ccccc2)CC1. The molecule has 3 rings (SSSR count). The van der Waals surface area contributed by atoms with Gasteiger partial charge < -0.3 is 14.2 Å². The van der Waals surface area contributed by atoms with E-state index in [9.17, 15) is 9.59 Å². The molecular weight excluding hydrogens is 346 g/mol. The highest BCUT2D eigenvalue weighted by Gasteiger charge is 2.26. The van der Waals surface area contributed by atoms with Crippen molar-refractivity contribution in [3.8, 4) is 0 Å². The number of benzene rings is 1. The highest BCUT2D eigenvalue weighted by molar-refractivity contribution is 6.05. The molecule has 0 N–H and O–H groups in total. The molecule has 0 unspecified atom stereocenters. The van der Waals surface area contributed by atoms with Gasteiger partial charge in [0.1, 0.15) is 5.76 Å². The number of hydrogen-bond donors (Lipinski definition) is 0. The number of Topliss-reactive ketones (excluding diaryl/α,β-unsaturated/α-hetero) is 1. The van der Waals surface area contributed by atoms with E-state index in [1.54, 1.807) is 6.92 Å². The van der Waals surface area contributed by atoms with Crippen LogP contribution in [0.1, 0.15) is 38.6 Å². The Labute approximate surface area is 158 Å². The van der Waals surface area contributed by atoms with E-state index < -0.39 is 5.97 Å². The maximum atomic E-state index is 12.6. The number of hydrogen-bond acceptors (Lipinski definition) is 7. The van der Waals surface area contributed by atoms with Crippen molar-refractivity contribution in [2.75, 3.05) is 39.8 Å². The highest BCUT2D eigenvalue weighted by atomic mass is 16.5. The first-order valence-electron chi connectivity index (χ1n) is 9.15. The average molecular weight is 371 g/mol. The van der Waals surface area contributed by atoms with Crippen molar-refractivity contribution >= 4 is 11.8 Å². The third-order valence-corrected chi connectivity index (χ3v) is 4.89. The highest BCUT2D eigenvalue weighted by Crippen LogP contribution is 2.17. The Morgan fingerprint density at radius 2 is 1.78 bits per heavy atom. The van der Waals surface area contributed by atoms with Crippen LogP contribution in [0, 0.1) is 6.92 Å². The molecule has 1 fully saturated rings. The predicted molar refractivity (Wildman–Crippen MR) is 99.7 cm³/mol. The molecule has 7 nitrogen and oxygen atoms in total. The van der Waals surface area contributed by atoms with E-state index in [2.05, 4.69) is 44.0 Å². The van der Waals surface area contributed by atoms with Gasteiger partial charge in [-0.2, -0.15) is 0 Å². The Bertz CT molecular complexity index is 780. The number of carbonyl (C=O) groups excluding carboxylic acids is 2. The van der Waals surface area contributed by atoms with Crippen LogP contribution in [-0.2, 0) is 11.3 Å². The van der Waals surface area contributed by atoms with Crippen molar-refractivity contribution in [1.82, 2.24) is 15.0 Å². The molecule has 144 valence electrons. The van der Waals surface area contributed by atoms with Crippen LogP contribution in [0.2, 0.25) is 0 Å². The summed E-state index contributed by atoms with van der Waals surface area (Å²) < 4.78 is 9.68. The number of ketones is 1. The summed E-state index contributed by atoms with van der Waals surface area (Å²) in [6, 6.07) is 10.4. The Balaban J connectivity index is 1.48. The minimum atomic E-state index is -0.648. The lowest BCUT2D eigenvalue weighted by Gasteiger charge is -2.34. The van der Waals surface area contributed by atoms with Crippen molar-refractivity contribution in [1.29, 1.82) is 0 Å². The van der Waals surface area contributed by atoms with Gasteiger partial charge >= 0.3 is 5.97 Å². The van der Waals surface area contributed by atoms with Crippen molar-refractivity contribution in [3.05, 3.63) is 52.9 Å². The number of aryl methyl sites for hydroxylation is 1. The summed E-state index contributed by atoms with van der Waals surface area (Å²) in [5, 5.41) is 3.66. The number of piperazine rings is 1. The largest absolute Gasteiger partial charge is 0.464 e. The summed E-state index contributed by atoms with van der Waals surface area (Å²) in [6.07, 6.45) is 0.324. The molecule has 1 aromatic carbocycles. The number of methoxy groups -OCH3 is 1. The van der Waals surface area contributed by atoms with E-state index in [4.69, 9.17) is 4.52 Å². The van der Waals surface area contributed by atoms with E-state index in [0.29, 0.717) is 18.7 Å². The second-order valence-corrected chi connectivity index (χ2v) is 6.73. The molecule has 7 heteroatoms. The minimum absolute atomic E-state index is 0.0346. The van der Waals surface area contributed by atoms with Crippen LogP contribution in [0.3, 0.4) is 0 Å². The topological polar surface area (TPSA) is 75.9 Å². The van der Waals surface area contributed by atoms with Crippen LogP contribution in [0.25, 0.3) is 0 Å². The van der Waals surface area contributed by atoms with Crippen LogP contribution in [0.4, 0.5) is 0 Å². The van der Waals surface area contributed by atoms with Crippen LogP contribution < -0.4 is 0 Å². The van der Waals surface area contributed by atoms with E-state index in [1.165, 1.54) is 12.7 Å². The summed E-state index contributed by atoms with van der Waals surface area (Å²) in [5.41, 5.74) is 1.52. The normalized spacial score (nSPS) is 15.6.